The molecule has 1 saturated heterocycles. The summed E-state index contributed by atoms with van der Waals surface area (Å²) >= 11 is 11.2. The van der Waals surface area contributed by atoms with E-state index in [4.69, 9.17) is 28.6 Å². The third-order valence-electron chi connectivity index (χ3n) is 3.78. The standard InChI is InChI=1S/C19H15ClN2O4S/c1-2-26-15-10-11(9-14(20)16(15)23)8-13-17(24)21-19(27)22(18(13)25)12-6-4-3-5-7-12/h3-10,23H,2H2,1H3,(H,21,24,27)/b13-8-. The van der Waals surface area contributed by atoms with Crippen LogP contribution in [0.4, 0.5) is 5.69 Å². The zero-order chi connectivity index (χ0) is 19.6. The Bertz CT molecular complexity index is 960. The van der Waals surface area contributed by atoms with Crippen molar-refractivity contribution in [3.05, 3.63) is 58.6 Å². The number of rotatable bonds is 4. The maximum Gasteiger partial charge on any atom is 0.270 e. The van der Waals surface area contributed by atoms with Gasteiger partial charge in [0.05, 0.1) is 17.3 Å². The number of hydrogen-bond donors (Lipinski definition) is 2. The van der Waals surface area contributed by atoms with E-state index in [0.717, 1.165) is 0 Å². The fraction of sp³-hybridized carbons (Fsp3) is 0.105. The Morgan fingerprint density at radius 2 is 1.96 bits per heavy atom. The van der Waals surface area contributed by atoms with Gasteiger partial charge in [0.15, 0.2) is 16.6 Å². The first-order chi connectivity index (χ1) is 12.9. The second kappa shape index (κ2) is 7.77. The van der Waals surface area contributed by atoms with Gasteiger partial charge in [0, 0.05) is 0 Å². The molecular formula is C19H15ClN2O4S. The second-order valence-electron chi connectivity index (χ2n) is 5.58. The highest BCUT2D eigenvalue weighted by molar-refractivity contribution is 7.80. The van der Waals surface area contributed by atoms with Gasteiger partial charge < -0.3 is 9.84 Å². The Morgan fingerprint density at radius 3 is 2.63 bits per heavy atom. The number of carbonyl (C=O) groups is 2. The van der Waals surface area contributed by atoms with Crippen molar-refractivity contribution < 1.29 is 19.4 Å². The quantitative estimate of drug-likeness (QED) is 0.466. The predicted octanol–water partition coefficient (Wildman–Crippen LogP) is 3.28. The highest BCUT2D eigenvalue weighted by Gasteiger charge is 2.34. The smallest absolute Gasteiger partial charge is 0.270 e. The number of thiocarbonyl (C=S) groups is 1. The topological polar surface area (TPSA) is 78.9 Å². The van der Waals surface area contributed by atoms with Crippen LogP contribution in [0.15, 0.2) is 48.0 Å². The molecule has 0 unspecified atom stereocenters. The number of nitrogens with one attached hydrogen (secondary N) is 1. The third kappa shape index (κ3) is 3.79. The van der Waals surface area contributed by atoms with Gasteiger partial charge in [-0.2, -0.15) is 0 Å². The second-order valence-corrected chi connectivity index (χ2v) is 6.37. The van der Waals surface area contributed by atoms with Gasteiger partial charge in [0.2, 0.25) is 0 Å². The SMILES string of the molecule is CCOc1cc(/C=C2/C(=O)NC(=S)N(c3ccccc3)C2=O)cc(Cl)c1O. The average molecular weight is 403 g/mol. The molecule has 0 atom stereocenters. The molecule has 0 bridgehead atoms. The number of benzene rings is 2. The van der Waals surface area contributed by atoms with Gasteiger partial charge in [-0.15, -0.1) is 0 Å². The van der Waals surface area contributed by atoms with Gasteiger partial charge in [-0.25, -0.2) is 0 Å². The van der Waals surface area contributed by atoms with Crippen LogP contribution in [0.5, 0.6) is 11.5 Å². The minimum absolute atomic E-state index is 0.00657. The van der Waals surface area contributed by atoms with Crippen molar-refractivity contribution in [1.82, 2.24) is 5.32 Å². The van der Waals surface area contributed by atoms with E-state index in [1.807, 2.05) is 6.07 Å². The zero-order valence-electron chi connectivity index (χ0n) is 14.2. The number of anilines is 1. The molecule has 0 aliphatic carbocycles. The number of halogens is 1. The van der Waals surface area contributed by atoms with Gasteiger partial charge >= 0.3 is 0 Å². The summed E-state index contributed by atoms with van der Waals surface area (Å²) in [6, 6.07) is 11.7. The lowest BCUT2D eigenvalue weighted by molar-refractivity contribution is -0.122. The fourth-order valence-electron chi connectivity index (χ4n) is 2.58. The molecule has 0 spiro atoms. The lowest BCUT2D eigenvalue weighted by Crippen LogP contribution is -2.54. The van der Waals surface area contributed by atoms with Crippen LogP contribution in [0.25, 0.3) is 6.08 Å². The molecule has 2 aromatic rings. The normalized spacial score (nSPS) is 15.9. The summed E-state index contributed by atoms with van der Waals surface area (Å²) in [7, 11) is 0. The fourth-order valence-corrected chi connectivity index (χ4v) is 3.08. The minimum atomic E-state index is -0.612. The maximum atomic E-state index is 12.9. The van der Waals surface area contributed by atoms with E-state index < -0.39 is 11.8 Å². The summed E-state index contributed by atoms with van der Waals surface area (Å²) in [5, 5.41) is 12.5. The molecular weight excluding hydrogens is 388 g/mol. The molecule has 27 heavy (non-hydrogen) atoms. The van der Waals surface area contributed by atoms with Crippen LogP contribution in [0.1, 0.15) is 12.5 Å². The molecule has 138 valence electrons. The van der Waals surface area contributed by atoms with Crippen LogP contribution in [0.2, 0.25) is 5.02 Å². The molecule has 0 saturated carbocycles. The van der Waals surface area contributed by atoms with Crippen LogP contribution >= 0.6 is 23.8 Å². The van der Waals surface area contributed by atoms with Crippen molar-refractivity contribution in [2.75, 3.05) is 11.5 Å². The molecule has 1 aliphatic rings. The summed E-state index contributed by atoms with van der Waals surface area (Å²) in [5.74, 6) is -1.21. The summed E-state index contributed by atoms with van der Waals surface area (Å²) in [6.45, 7) is 2.08. The number of ether oxygens (including phenoxy) is 1. The number of hydrogen-bond acceptors (Lipinski definition) is 5. The average Bonchev–Trinajstić information content (AvgIpc) is 2.63. The van der Waals surface area contributed by atoms with E-state index in [1.165, 1.54) is 23.1 Å². The van der Waals surface area contributed by atoms with Gasteiger partial charge in [0.25, 0.3) is 11.8 Å². The Morgan fingerprint density at radius 1 is 1.26 bits per heavy atom. The Hall–Kier alpha value is -2.90. The van der Waals surface area contributed by atoms with Crippen LogP contribution in [0, 0.1) is 0 Å². The van der Waals surface area contributed by atoms with Crippen LogP contribution < -0.4 is 15.0 Å². The summed E-state index contributed by atoms with van der Waals surface area (Å²) in [6.07, 6.45) is 1.38. The van der Waals surface area contributed by atoms with E-state index in [0.29, 0.717) is 17.9 Å². The van der Waals surface area contributed by atoms with Crippen molar-refractivity contribution in [2.45, 2.75) is 6.92 Å². The molecule has 1 fully saturated rings. The highest BCUT2D eigenvalue weighted by atomic mass is 35.5. The summed E-state index contributed by atoms with van der Waals surface area (Å²) < 4.78 is 5.33. The lowest BCUT2D eigenvalue weighted by Gasteiger charge is -2.28. The molecule has 2 amide bonds. The number of aromatic hydroxyl groups is 1. The highest BCUT2D eigenvalue weighted by Crippen LogP contribution is 2.36. The lowest BCUT2D eigenvalue weighted by atomic mass is 10.1. The monoisotopic (exact) mass is 402 g/mol. The van der Waals surface area contributed by atoms with E-state index in [1.54, 1.807) is 31.2 Å². The first kappa shape index (κ1) is 18.9. The van der Waals surface area contributed by atoms with Gasteiger partial charge in [-0.05, 0) is 55.0 Å². The number of phenolic OH excluding ortho intramolecular Hbond substituents is 1. The molecule has 2 N–H and O–H groups in total. The number of nitrogens with zero attached hydrogens (tertiary/aromatic N) is 1. The minimum Gasteiger partial charge on any atom is -0.503 e. The maximum absolute atomic E-state index is 12.9. The molecule has 1 aliphatic heterocycles. The van der Waals surface area contributed by atoms with Crippen molar-refractivity contribution in [2.24, 2.45) is 0 Å². The van der Waals surface area contributed by atoms with Crippen molar-refractivity contribution in [3.8, 4) is 11.5 Å². The van der Waals surface area contributed by atoms with E-state index in [2.05, 4.69) is 5.32 Å². The van der Waals surface area contributed by atoms with Gasteiger partial charge in [-0.3, -0.25) is 19.8 Å². The first-order valence-electron chi connectivity index (χ1n) is 8.04. The van der Waals surface area contributed by atoms with E-state index in [9.17, 15) is 14.7 Å². The largest absolute Gasteiger partial charge is 0.503 e. The van der Waals surface area contributed by atoms with Gasteiger partial charge in [0.1, 0.15) is 5.57 Å². The Kier molecular flexibility index (Phi) is 5.43. The van der Waals surface area contributed by atoms with E-state index in [-0.39, 0.29) is 27.2 Å². The van der Waals surface area contributed by atoms with Crippen LogP contribution in [-0.2, 0) is 9.59 Å². The first-order valence-corrected chi connectivity index (χ1v) is 8.82. The predicted molar refractivity (Wildman–Crippen MR) is 107 cm³/mol. The number of carbonyl (C=O) groups excluding carboxylic acids is 2. The van der Waals surface area contributed by atoms with Crippen molar-refractivity contribution in [1.29, 1.82) is 0 Å². The number of phenols is 1. The zero-order valence-corrected chi connectivity index (χ0v) is 15.8. The molecule has 0 radical (unpaired) electrons. The summed E-state index contributed by atoms with van der Waals surface area (Å²) in [5.41, 5.74) is 0.856. The van der Waals surface area contributed by atoms with E-state index >= 15 is 0 Å². The number of para-hydroxylation sites is 1. The molecule has 8 heteroatoms. The molecule has 2 aromatic carbocycles. The third-order valence-corrected chi connectivity index (χ3v) is 4.35. The molecule has 1 heterocycles. The molecule has 3 rings (SSSR count). The van der Waals surface area contributed by atoms with Crippen LogP contribution in [0.3, 0.4) is 0 Å². The molecule has 0 aromatic heterocycles. The van der Waals surface area contributed by atoms with Crippen molar-refractivity contribution >= 4 is 52.5 Å². The molecule has 6 nitrogen and oxygen atoms in total. The Labute approximate surface area is 166 Å². The summed E-state index contributed by atoms with van der Waals surface area (Å²) in [4.78, 5) is 26.5. The van der Waals surface area contributed by atoms with Crippen molar-refractivity contribution in [3.63, 3.8) is 0 Å². The number of amides is 2. The Balaban J connectivity index is 2.03. The van der Waals surface area contributed by atoms with Gasteiger partial charge in [-0.1, -0.05) is 29.8 Å². The van der Waals surface area contributed by atoms with Crippen LogP contribution in [-0.4, -0.2) is 28.6 Å².